The van der Waals surface area contributed by atoms with Crippen molar-refractivity contribution in [2.75, 3.05) is 59.2 Å². The number of ether oxygens (including phenoxy) is 2. The number of rotatable bonds is 7. The average Bonchev–Trinajstić information content (AvgIpc) is 2.65. The van der Waals surface area contributed by atoms with E-state index in [0.29, 0.717) is 0 Å². The monoisotopic (exact) mass is 384 g/mol. The predicted octanol–water partition coefficient (Wildman–Crippen LogP) is 1.52. The topological polar surface area (TPSA) is 109 Å². The lowest BCUT2D eigenvalue weighted by Crippen LogP contribution is -2.30. The van der Waals surface area contributed by atoms with Gasteiger partial charge in [-0.15, -0.1) is 0 Å². The van der Waals surface area contributed by atoms with Gasteiger partial charge in [-0.1, -0.05) is 33.1 Å². The molecular formula is C16H37N2O6P. The molecule has 2 aliphatic heterocycles. The molecule has 8 nitrogen and oxygen atoms in total. The minimum atomic E-state index is -4.26. The van der Waals surface area contributed by atoms with Crippen LogP contribution in [0.25, 0.3) is 0 Å². The third-order valence-corrected chi connectivity index (χ3v) is 4.20. The molecule has 2 saturated heterocycles. The molecule has 0 bridgehead atoms. The van der Waals surface area contributed by atoms with E-state index >= 15 is 0 Å². The van der Waals surface area contributed by atoms with E-state index in [1.807, 2.05) is 6.92 Å². The highest BCUT2D eigenvalue weighted by Gasteiger charge is 2.16. The van der Waals surface area contributed by atoms with Crippen LogP contribution in [0, 0.1) is 5.92 Å². The van der Waals surface area contributed by atoms with Crippen molar-refractivity contribution in [2.24, 2.45) is 5.92 Å². The minimum Gasteiger partial charge on any atom is -0.379 e. The fraction of sp³-hybridized carbons (Fsp3) is 1.00. The summed E-state index contributed by atoms with van der Waals surface area (Å²) in [7, 11) is -4.26. The van der Waals surface area contributed by atoms with Crippen LogP contribution in [0.3, 0.4) is 0 Å². The van der Waals surface area contributed by atoms with Crippen molar-refractivity contribution in [3.63, 3.8) is 0 Å². The summed E-state index contributed by atoms with van der Waals surface area (Å²) in [5, 5.41) is 6.32. The molecule has 1 unspecified atom stereocenters. The maximum Gasteiger partial charge on any atom is 0.469 e. The highest BCUT2D eigenvalue weighted by atomic mass is 31.2. The van der Waals surface area contributed by atoms with E-state index in [1.54, 1.807) is 0 Å². The molecule has 0 spiro atoms. The smallest absolute Gasteiger partial charge is 0.379 e. The molecule has 9 heteroatoms. The second kappa shape index (κ2) is 17.4. The summed E-state index contributed by atoms with van der Waals surface area (Å²) in [6.07, 6.45) is 4.07. The molecule has 0 aliphatic carbocycles. The van der Waals surface area contributed by atoms with Crippen LogP contribution in [-0.4, -0.2) is 69.0 Å². The molecule has 2 rings (SSSR count). The van der Waals surface area contributed by atoms with E-state index in [9.17, 15) is 4.57 Å². The molecule has 2 heterocycles. The number of nitrogens with one attached hydrogen (secondary N) is 2. The van der Waals surface area contributed by atoms with Gasteiger partial charge in [0.2, 0.25) is 0 Å². The molecule has 4 N–H and O–H groups in total. The van der Waals surface area contributed by atoms with Crippen molar-refractivity contribution in [2.45, 2.75) is 39.5 Å². The van der Waals surface area contributed by atoms with Gasteiger partial charge in [-0.2, -0.15) is 0 Å². The standard InChI is InChI=1S/C8H19O4P.2C4H9NO/c1-3-5-6-8(4-2)7-12-13(9,10)11;2*1-3-6-4-2-5-1/h8H,3-7H2,1-2H3,(H2,9,10,11);2*5H,1-4H2. The van der Waals surface area contributed by atoms with Crippen LogP contribution in [0.5, 0.6) is 0 Å². The zero-order valence-electron chi connectivity index (χ0n) is 15.7. The maximum atomic E-state index is 10.4. The number of phosphoric ester groups is 1. The number of hydrogen-bond acceptors (Lipinski definition) is 6. The zero-order chi connectivity index (χ0) is 18.8. The van der Waals surface area contributed by atoms with Gasteiger partial charge in [0.25, 0.3) is 0 Å². The van der Waals surface area contributed by atoms with Crippen molar-refractivity contribution in [1.29, 1.82) is 0 Å². The Labute approximate surface area is 152 Å². The molecule has 152 valence electrons. The number of unbranched alkanes of at least 4 members (excludes halogenated alkanes) is 1. The first-order chi connectivity index (χ1) is 12.0. The predicted molar refractivity (Wildman–Crippen MR) is 98.7 cm³/mol. The fourth-order valence-electron chi connectivity index (χ4n) is 2.13. The molecule has 0 radical (unpaired) electrons. The van der Waals surface area contributed by atoms with Gasteiger partial charge in [0.05, 0.1) is 33.0 Å². The number of hydrogen-bond donors (Lipinski definition) is 4. The maximum absolute atomic E-state index is 10.4. The third-order valence-electron chi connectivity index (χ3n) is 3.71. The van der Waals surface area contributed by atoms with Crippen LogP contribution in [0.1, 0.15) is 39.5 Å². The van der Waals surface area contributed by atoms with Crippen LogP contribution in [0.4, 0.5) is 0 Å². The summed E-state index contributed by atoms with van der Waals surface area (Å²) >= 11 is 0. The van der Waals surface area contributed by atoms with Gasteiger partial charge in [-0.25, -0.2) is 4.57 Å². The zero-order valence-corrected chi connectivity index (χ0v) is 16.6. The number of phosphoric acid groups is 1. The Morgan fingerprint density at radius 2 is 1.48 bits per heavy atom. The highest BCUT2D eigenvalue weighted by molar-refractivity contribution is 7.46. The van der Waals surface area contributed by atoms with E-state index in [0.717, 1.165) is 78.3 Å². The fourth-order valence-corrected chi connectivity index (χ4v) is 2.54. The van der Waals surface area contributed by atoms with Crippen LogP contribution >= 0.6 is 7.82 Å². The second-order valence-corrected chi connectivity index (χ2v) is 7.17. The normalized spacial score (nSPS) is 19.0. The summed E-state index contributed by atoms with van der Waals surface area (Å²) in [6, 6.07) is 0. The van der Waals surface area contributed by atoms with Crippen molar-refractivity contribution in [3.05, 3.63) is 0 Å². The summed E-state index contributed by atoms with van der Waals surface area (Å²) < 4.78 is 24.9. The molecular weight excluding hydrogens is 347 g/mol. The molecule has 2 aliphatic rings. The lowest BCUT2D eigenvalue weighted by atomic mass is 10.0. The van der Waals surface area contributed by atoms with Gasteiger partial charge < -0.3 is 29.9 Å². The van der Waals surface area contributed by atoms with Crippen molar-refractivity contribution >= 4 is 7.82 Å². The Kier molecular flexibility index (Phi) is 17.3. The van der Waals surface area contributed by atoms with Gasteiger partial charge in [0.1, 0.15) is 0 Å². The quantitative estimate of drug-likeness (QED) is 0.489. The lowest BCUT2D eigenvalue weighted by molar-refractivity contribution is 0.109. The van der Waals surface area contributed by atoms with Crippen LogP contribution < -0.4 is 10.6 Å². The highest BCUT2D eigenvalue weighted by Crippen LogP contribution is 2.36. The first-order valence-corrected chi connectivity index (χ1v) is 10.8. The first kappa shape index (κ1) is 24.9. The summed E-state index contributed by atoms with van der Waals surface area (Å²) in [6.45, 7) is 11.9. The van der Waals surface area contributed by atoms with Crippen LogP contribution in [-0.2, 0) is 18.6 Å². The van der Waals surface area contributed by atoms with E-state index in [2.05, 4.69) is 22.1 Å². The summed E-state index contributed by atoms with van der Waals surface area (Å²) in [5.74, 6) is 0.271. The molecule has 0 aromatic rings. The number of morpholine rings is 2. The van der Waals surface area contributed by atoms with Crippen molar-refractivity contribution < 1.29 is 28.3 Å². The van der Waals surface area contributed by atoms with E-state index in [4.69, 9.17) is 19.3 Å². The van der Waals surface area contributed by atoms with Gasteiger partial charge >= 0.3 is 7.82 Å². The lowest BCUT2D eigenvalue weighted by Gasteiger charge is -2.14. The van der Waals surface area contributed by atoms with Crippen molar-refractivity contribution in [3.8, 4) is 0 Å². The Morgan fingerprint density at radius 3 is 1.72 bits per heavy atom. The van der Waals surface area contributed by atoms with Crippen molar-refractivity contribution in [1.82, 2.24) is 10.6 Å². The SMILES string of the molecule is C1COCCN1.C1COCCN1.CCCCC(CC)COP(=O)(O)O. The van der Waals surface area contributed by atoms with E-state index in [1.165, 1.54) is 0 Å². The largest absolute Gasteiger partial charge is 0.469 e. The van der Waals surface area contributed by atoms with Crippen LogP contribution in [0.2, 0.25) is 0 Å². The summed E-state index contributed by atoms with van der Waals surface area (Å²) in [4.78, 5) is 17.0. The van der Waals surface area contributed by atoms with E-state index in [-0.39, 0.29) is 12.5 Å². The Morgan fingerprint density at radius 1 is 1.00 bits per heavy atom. The summed E-state index contributed by atoms with van der Waals surface area (Å²) in [5.41, 5.74) is 0. The van der Waals surface area contributed by atoms with Gasteiger partial charge in [0, 0.05) is 26.2 Å². The van der Waals surface area contributed by atoms with E-state index < -0.39 is 7.82 Å². The minimum absolute atomic E-state index is 0.167. The third kappa shape index (κ3) is 20.1. The first-order valence-electron chi connectivity index (χ1n) is 9.26. The molecule has 0 amide bonds. The molecule has 25 heavy (non-hydrogen) atoms. The Hall–Kier alpha value is -0.0500. The molecule has 0 aromatic heterocycles. The second-order valence-electron chi connectivity index (χ2n) is 5.93. The van der Waals surface area contributed by atoms with Crippen LogP contribution in [0.15, 0.2) is 0 Å². The average molecular weight is 384 g/mol. The Balaban J connectivity index is 0.000000392. The Bertz CT molecular complexity index is 287. The van der Waals surface area contributed by atoms with Gasteiger partial charge in [-0.05, 0) is 12.3 Å². The van der Waals surface area contributed by atoms with Gasteiger partial charge in [-0.3, -0.25) is 4.52 Å². The molecule has 2 fully saturated rings. The molecule has 0 aromatic carbocycles. The van der Waals surface area contributed by atoms with Gasteiger partial charge in [0.15, 0.2) is 0 Å². The molecule has 1 atom stereocenters. The molecule has 0 saturated carbocycles.